The van der Waals surface area contributed by atoms with Crippen molar-refractivity contribution < 1.29 is 9.15 Å². The molecule has 4 heteroatoms. The maximum Gasteiger partial charge on any atom is 0.156 e. The summed E-state index contributed by atoms with van der Waals surface area (Å²) >= 11 is 12.8. The van der Waals surface area contributed by atoms with E-state index in [9.17, 15) is 0 Å². The predicted octanol–water partition coefficient (Wildman–Crippen LogP) is 6.98. The van der Waals surface area contributed by atoms with Gasteiger partial charge in [-0.05, 0) is 77.6 Å². The Morgan fingerprint density at radius 3 is 2.35 bits per heavy atom. The van der Waals surface area contributed by atoms with Crippen LogP contribution in [0.4, 0.5) is 0 Å². The van der Waals surface area contributed by atoms with E-state index in [4.69, 9.17) is 32.4 Å². The van der Waals surface area contributed by atoms with Gasteiger partial charge in [-0.2, -0.15) is 0 Å². The zero-order valence-corrected chi connectivity index (χ0v) is 16.3. The van der Waals surface area contributed by atoms with E-state index in [-0.39, 0.29) is 0 Å². The van der Waals surface area contributed by atoms with Crippen molar-refractivity contribution >= 4 is 34.9 Å². The third kappa shape index (κ3) is 2.84. The minimum atomic E-state index is 0.504. The van der Waals surface area contributed by atoms with Crippen molar-refractivity contribution in [3.63, 3.8) is 0 Å². The molecular formula is C22H18Cl2O2. The van der Waals surface area contributed by atoms with Crippen LogP contribution in [0.25, 0.3) is 22.8 Å². The molecule has 1 aromatic heterocycles. The van der Waals surface area contributed by atoms with Gasteiger partial charge in [-0.15, -0.1) is 0 Å². The molecule has 26 heavy (non-hydrogen) atoms. The number of allylic oxidation sites excluding steroid dienone is 1. The molecule has 0 radical (unpaired) electrons. The number of fused-ring (bicyclic) bond motifs is 1. The average molecular weight is 385 g/mol. The lowest BCUT2D eigenvalue weighted by molar-refractivity contribution is 0.415. The first-order chi connectivity index (χ1) is 12.5. The van der Waals surface area contributed by atoms with E-state index >= 15 is 0 Å². The molecule has 0 saturated heterocycles. The highest BCUT2D eigenvalue weighted by atomic mass is 35.5. The van der Waals surface area contributed by atoms with Gasteiger partial charge in [0.25, 0.3) is 0 Å². The minimum Gasteiger partial charge on any atom is -0.494 e. The van der Waals surface area contributed by atoms with Gasteiger partial charge in [0.1, 0.15) is 11.5 Å². The summed E-state index contributed by atoms with van der Waals surface area (Å²) in [4.78, 5) is 0. The maximum atomic E-state index is 6.38. The van der Waals surface area contributed by atoms with E-state index in [2.05, 4.69) is 25.1 Å². The van der Waals surface area contributed by atoms with Crippen molar-refractivity contribution in [2.24, 2.45) is 0 Å². The molecule has 0 spiro atoms. The molecular weight excluding hydrogens is 367 g/mol. The third-order valence-corrected chi connectivity index (χ3v) is 5.35. The SMILES string of the molecule is COc1c(Cl)cc(-c2c(C)ccc3c2C=C(c2ccc(C)o2)C3)cc1Cl. The number of methoxy groups -OCH3 is 1. The van der Waals surface area contributed by atoms with Crippen LogP contribution in [0.5, 0.6) is 5.75 Å². The zero-order valence-electron chi connectivity index (χ0n) is 14.8. The van der Waals surface area contributed by atoms with Crippen molar-refractivity contribution in [3.8, 4) is 16.9 Å². The van der Waals surface area contributed by atoms with E-state index in [0.29, 0.717) is 15.8 Å². The molecule has 2 nitrogen and oxygen atoms in total. The molecule has 0 amide bonds. The Balaban J connectivity index is 1.88. The van der Waals surface area contributed by atoms with Crippen molar-refractivity contribution in [1.29, 1.82) is 0 Å². The number of hydrogen-bond acceptors (Lipinski definition) is 2. The van der Waals surface area contributed by atoms with Crippen molar-refractivity contribution in [3.05, 3.63) is 74.7 Å². The number of rotatable bonds is 3. The Labute approximate surface area is 163 Å². The van der Waals surface area contributed by atoms with Crippen LogP contribution in [0.2, 0.25) is 10.0 Å². The monoisotopic (exact) mass is 384 g/mol. The van der Waals surface area contributed by atoms with Crippen molar-refractivity contribution in [1.82, 2.24) is 0 Å². The van der Waals surface area contributed by atoms with Crippen LogP contribution in [-0.4, -0.2) is 7.11 Å². The fourth-order valence-electron chi connectivity index (χ4n) is 3.57. The molecule has 0 bridgehead atoms. The van der Waals surface area contributed by atoms with Crippen molar-refractivity contribution in [2.45, 2.75) is 20.3 Å². The first-order valence-electron chi connectivity index (χ1n) is 8.41. The van der Waals surface area contributed by atoms with E-state index in [1.807, 2.05) is 31.2 Å². The van der Waals surface area contributed by atoms with Gasteiger partial charge >= 0.3 is 0 Å². The molecule has 0 unspecified atom stereocenters. The smallest absolute Gasteiger partial charge is 0.156 e. The Morgan fingerprint density at radius 2 is 1.73 bits per heavy atom. The molecule has 0 saturated carbocycles. The highest BCUT2D eigenvalue weighted by Gasteiger charge is 2.22. The lowest BCUT2D eigenvalue weighted by atomic mass is 9.93. The summed E-state index contributed by atoms with van der Waals surface area (Å²) in [5.41, 5.74) is 6.97. The van der Waals surface area contributed by atoms with Gasteiger partial charge in [0.2, 0.25) is 0 Å². The highest BCUT2D eigenvalue weighted by Crippen LogP contribution is 2.43. The minimum absolute atomic E-state index is 0.504. The zero-order chi connectivity index (χ0) is 18.4. The molecule has 3 aromatic rings. The van der Waals surface area contributed by atoms with E-state index < -0.39 is 0 Å². The van der Waals surface area contributed by atoms with Crippen LogP contribution in [0.15, 0.2) is 40.8 Å². The molecule has 0 fully saturated rings. The van der Waals surface area contributed by atoms with E-state index in [0.717, 1.165) is 29.1 Å². The number of hydrogen-bond donors (Lipinski definition) is 0. The number of furan rings is 1. The van der Waals surface area contributed by atoms with Gasteiger partial charge in [-0.25, -0.2) is 0 Å². The normalized spacial score (nSPS) is 12.9. The van der Waals surface area contributed by atoms with E-state index in [1.165, 1.54) is 22.3 Å². The Bertz CT molecular complexity index is 1020. The predicted molar refractivity (Wildman–Crippen MR) is 108 cm³/mol. The highest BCUT2D eigenvalue weighted by molar-refractivity contribution is 6.37. The summed E-state index contributed by atoms with van der Waals surface area (Å²) in [7, 11) is 1.57. The first-order valence-corrected chi connectivity index (χ1v) is 9.17. The van der Waals surface area contributed by atoms with Gasteiger partial charge in [0.15, 0.2) is 5.75 Å². The molecule has 132 valence electrons. The molecule has 4 rings (SSSR count). The Morgan fingerprint density at radius 1 is 1.00 bits per heavy atom. The number of aryl methyl sites for hydroxylation is 2. The largest absolute Gasteiger partial charge is 0.494 e. The summed E-state index contributed by atoms with van der Waals surface area (Å²) in [6, 6.07) is 12.2. The van der Waals surface area contributed by atoms with Gasteiger partial charge in [0, 0.05) is 6.42 Å². The fraction of sp³-hybridized carbons (Fsp3) is 0.182. The van der Waals surface area contributed by atoms with Gasteiger partial charge < -0.3 is 9.15 Å². The average Bonchev–Trinajstić information content (AvgIpc) is 3.20. The van der Waals surface area contributed by atoms with Crippen molar-refractivity contribution in [2.75, 3.05) is 7.11 Å². The van der Waals surface area contributed by atoms with E-state index in [1.54, 1.807) is 7.11 Å². The van der Waals surface area contributed by atoms with Crippen LogP contribution in [-0.2, 0) is 6.42 Å². The Kier molecular flexibility index (Phi) is 4.34. The molecule has 1 aliphatic rings. The van der Waals surface area contributed by atoms with Crippen LogP contribution in [0, 0.1) is 13.8 Å². The lowest BCUT2D eigenvalue weighted by Crippen LogP contribution is -1.93. The number of ether oxygens (including phenoxy) is 1. The number of benzene rings is 2. The van der Waals surface area contributed by atoms with Crippen LogP contribution in [0.1, 0.15) is 28.2 Å². The fourth-order valence-corrected chi connectivity index (χ4v) is 4.21. The summed E-state index contributed by atoms with van der Waals surface area (Å²) < 4.78 is 11.1. The second kappa shape index (κ2) is 6.53. The molecule has 0 aliphatic heterocycles. The summed E-state index contributed by atoms with van der Waals surface area (Å²) in [6.07, 6.45) is 3.06. The quantitative estimate of drug-likeness (QED) is 0.486. The summed E-state index contributed by atoms with van der Waals surface area (Å²) in [6.45, 7) is 4.06. The topological polar surface area (TPSA) is 22.4 Å². The second-order valence-electron chi connectivity index (χ2n) is 6.56. The number of halogens is 2. The standard InChI is InChI=1S/C22H18Cl2O2/c1-12-4-6-14-8-15(20-7-5-13(2)26-20)9-17(14)21(12)16-10-18(23)22(25-3)19(24)11-16/h4-7,9-11H,8H2,1-3H3. The first kappa shape index (κ1) is 17.3. The summed E-state index contributed by atoms with van der Waals surface area (Å²) in [5, 5.41) is 1.02. The summed E-state index contributed by atoms with van der Waals surface area (Å²) in [5.74, 6) is 2.35. The molecule has 0 atom stereocenters. The van der Waals surface area contributed by atoms with Crippen LogP contribution in [0.3, 0.4) is 0 Å². The molecule has 0 N–H and O–H groups in total. The maximum absolute atomic E-state index is 6.38. The lowest BCUT2D eigenvalue weighted by Gasteiger charge is -2.14. The molecule has 2 aromatic carbocycles. The Hall–Kier alpha value is -2.16. The molecule has 1 aliphatic carbocycles. The molecule has 1 heterocycles. The van der Waals surface area contributed by atoms with Gasteiger partial charge in [-0.3, -0.25) is 0 Å². The third-order valence-electron chi connectivity index (χ3n) is 4.79. The van der Waals surface area contributed by atoms with Crippen LogP contribution < -0.4 is 4.74 Å². The van der Waals surface area contributed by atoms with Gasteiger partial charge in [-0.1, -0.05) is 35.3 Å². The van der Waals surface area contributed by atoms with Crippen LogP contribution >= 0.6 is 23.2 Å². The van der Waals surface area contributed by atoms with Gasteiger partial charge in [0.05, 0.1) is 17.2 Å². The second-order valence-corrected chi connectivity index (χ2v) is 7.37.